The summed E-state index contributed by atoms with van der Waals surface area (Å²) in [6, 6.07) is 2.08. The van der Waals surface area contributed by atoms with Gasteiger partial charge in [0.25, 0.3) is 0 Å². The number of hydrogen-bond donors (Lipinski definition) is 1. The van der Waals surface area contributed by atoms with Crippen LogP contribution in [-0.4, -0.2) is 5.60 Å². The Morgan fingerprint density at radius 3 is 2.41 bits per heavy atom. The smallest absolute Gasteiger partial charge is 0.127 e. The Bertz CT molecular complexity index is 467. The first-order valence-corrected chi connectivity index (χ1v) is 6.23. The SMILES string of the molecule is Cc1c(N)cc(C(C)(C)C)c2c1CC(C)(C)O2. The van der Waals surface area contributed by atoms with Crippen LogP contribution < -0.4 is 10.5 Å². The molecule has 0 bridgehead atoms. The predicted molar refractivity (Wildman–Crippen MR) is 72.7 cm³/mol. The van der Waals surface area contributed by atoms with E-state index in [1.54, 1.807) is 0 Å². The van der Waals surface area contributed by atoms with Crippen molar-refractivity contribution in [2.45, 2.75) is 59.0 Å². The summed E-state index contributed by atoms with van der Waals surface area (Å²) in [6.45, 7) is 13.0. The summed E-state index contributed by atoms with van der Waals surface area (Å²) in [7, 11) is 0. The van der Waals surface area contributed by atoms with Gasteiger partial charge < -0.3 is 10.5 Å². The zero-order chi connectivity index (χ0) is 13.0. The van der Waals surface area contributed by atoms with Crippen molar-refractivity contribution in [2.24, 2.45) is 0 Å². The fourth-order valence-corrected chi connectivity index (χ4v) is 2.46. The lowest BCUT2D eigenvalue weighted by atomic mass is 9.83. The van der Waals surface area contributed by atoms with Crippen molar-refractivity contribution in [3.63, 3.8) is 0 Å². The standard InChI is InChI=1S/C15H23NO/c1-9-10-8-15(5,6)17-13(10)11(7-12(9)16)14(2,3)4/h7H,8,16H2,1-6H3. The molecule has 0 saturated carbocycles. The minimum atomic E-state index is -0.110. The van der Waals surface area contributed by atoms with Crippen LogP contribution in [0.4, 0.5) is 5.69 Å². The predicted octanol–water partition coefficient (Wildman–Crippen LogP) is 3.59. The van der Waals surface area contributed by atoms with Crippen molar-refractivity contribution in [1.82, 2.24) is 0 Å². The van der Waals surface area contributed by atoms with E-state index in [1.807, 2.05) is 0 Å². The monoisotopic (exact) mass is 233 g/mol. The van der Waals surface area contributed by atoms with Crippen LogP contribution in [0.15, 0.2) is 6.07 Å². The lowest BCUT2D eigenvalue weighted by Gasteiger charge is -2.25. The number of ether oxygens (including phenoxy) is 1. The van der Waals surface area contributed by atoms with E-state index in [-0.39, 0.29) is 11.0 Å². The van der Waals surface area contributed by atoms with Crippen molar-refractivity contribution in [3.8, 4) is 5.75 Å². The van der Waals surface area contributed by atoms with E-state index in [4.69, 9.17) is 10.5 Å². The molecule has 1 heterocycles. The fraction of sp³-hybridized carbons (Fsp3) is 0.600. The number of nitrogen functional groups attached to an aromatic ring is 1. The van der Waals surface area contributed by atoms with E-state index in [2.05, 4.69) is 47.6 Å². The molecule has 2 rings (SSSR count). The molecule has 2 nitrogen and oxygen atoms in total. The van der Waals surface area contributed by atoms with Gasteiger partial charge in [0.2, 0.25) is 0 Å². The highest BCUT2D eigenvalue weighted by Gasteiger charge is 2.36. The lowest BCUT2D eigenvalue weighted by molar-refractivity contribution is 0.136. The summed E-state index contributed by atoms with van der Waals surface area (Å²) in [5.41, 5.74) is 10.7. The van der Waals surface area contributed by atoms with Crippen LogP contribution in [0.3, 0.4) is 0 Å². The van der Waals surface area contributed by atoms with Gasteiger partial charge in [0, 0.05) is 23.2 Å². The molecule has 0 fully saturated rings. The summed E-state index contributed by atoms with van der Waals surface area (Å²) >= 11 is 0. The minimum Gasteiger partial charge on any atom is -0.487 e. The van der Waals surface area contributed by atoms with Gasteiger partial charge in [-0.2, -0.15) is 0 Å². The summed E-state index contributed by atoms with van der Waals surface area (Å²) in [5, 5.41) is 0. The molecule has 0 saturated heterocycles. The highest BCUT2D eigenvalue weighted by Crippen LogP contribution is 2.45. The van der Waals surface area contributed by atoms with Crippen LogP contribution in [0, 0.1) is 6.92 Å². The Morgan fingerprint density at radius 1 is 1.29 bits per heavy atom. The molecule has 0 unspecified atom stereocenters. The van der Waals surface area contributed by atoms with Crippen LogP contribution in [0.25, 0.3) is 0 Å². The Hall–Kier alpha value is -1.18. The highest BCUT2D eigenvalue weighted by molar-refractivity contribution is 5.63. The van der Waals surface area contributed by atoms with Gasteiger partial charge in [-0.25, -0.2) is 0 Å². The molecule has 0 aliphatic carbocycles. The van der Waals surface area contributed by atoms with Crippen LogP contribution >= 0.6 is 0 Å². The zero-order valence-electron chi connectivity index (χ0n) is 11.8. The minimum absolute atomic E-state index is 0.0618. The summed E-state index contributed by atoms with van der Waals surface area (Å²) in [5.74, 6) is 1.06. The maximum Gasteiger partial charge on any atom is 0.127 e. The van der Waals surface area contributed by atoms with Crippen molar-refractivity contribution >= 4 is 5.69 Å². The van der Waals surface area contributed by atoms with Gasteiger partial charge in [-0.05, 0) is 37.8 Å². The summed E-state index contributed by atoms with van der Waals surface area (Å²) < 4.78 is 6.13. The second-order valence-electron chi connectivity index (χ2n) is 6.73. The van der Waals surface area contributed by atoms with Gasteiger partial charge in [0.05, 0.1) is 0 Å². The average molecular weight is 233 g/mol. The summed E-state index contributed by atoms with van der Waals surface area (Å²) in [4.78, 5) is 0. The third kappa shape index (κ3) is 2.01. The molecule has 0 atom stereocenters. The molecule has 1 aliphatic rings. The van der Waals surface area contributed by atoms with Crippen LogP contribution in [0.1, 0.15) is 51.3 Å². The normalized spacial score (nSPS) is 17.8. The molecule has 1 aromatic carbocycles. The van der Waals surface area contributed by atoms with E-state index in [0.717, 1.165) is 17.9 Å². The molecule has 17 heavy (non-hydrogen) atoms. The Labute approximate surface area is 104 Å². The Morgan fingerprint density at radius 2 is 1.88 bits per heavy atom. The zero-order valence-corrected chi connectivity index (χ0v) is 11.8. The molecule has 94 valence electrons. The molecule has 1 aromatic rings. The Balaban J connectivity index is 2.68. The number of anilines is 1. The third-order valence-corrected chi connectivity index (χ3v) is 3.49. The van der Waals surface area contributed by atoms with Crippen molar-refractivity contribution in [3.05, 3.63) is 22.8 Å². The van der Waals surface area contributed by atoms with Gasteiger partial charge >= 0.3 is 0 Å². The molecule has 0 radical (unpaired) electrons. The van der Waals surface area contributed by atoms with Gasteiger partial charge in [-0.3, -0.25) is 0 Å². The van der Waals surface area contributed by atoms with Crippen molar-refractivity contribution in [1.29, 1.82) is 0 Å². The fourth-order valence-electron chi connectivity index (χ4n) is 2.46. The van der Waals surface area contributed by atoms with Gasteiger partial charge in [-0.1, -0.05) is 20.8 Å². The van der Waals surface area contributed by atoms with E-state index in [1.165, 1.54) is 16.7 Å². The molecule has 0 spiro atoms. The first-order chi connectivity index (χ1) is 7.62. The number of rotatable bonds is 0. The van der Waals surface area contributed by atoms with Crippen LogP contribution in [0.2, 0.25) is 0 Å². The van der Waals surface area contributed by atoms with Gasteiger partial charge in [-0.15, -0.1) is 0 Å². The molecule has 0 aromatic heterocycles. The number of fused-ring (bicyclic) bond motifs is 1. The topological polar surface area (TPSA) is 35.2 Å². The average Bonchev–Trinajstić information content (AvgIpc) is 2.46. The quantitative estimate of drug-likeness (QED) is 0.695. The lowest BCUT2D eigenvalue weighted by Crippen LogP contribution is -2.25. The van der Waals surface area contributed by atoms with Gasteiger partial charge in [0.15, 0.2) is 0 Å². The first-order valence-electron chi connectivity index (χ1n) is 6.23. The van der Waals surface area contributed by atoms with Crippen LogP contribution in [0.5, 0.6) is 5.75 Å². The molecule has 2 N–H and O–H groups in total. The largest absolute Gasteiger partial charge is 0.487 e. The number of hydrogen-bond acceptors (Lipinski definition) is 2. The maximum atomic E-state index is 6.13. The van der Waals surface area contributed by atoms with E-state index >= 15 is 0 Å². The molecule has 0 amide bonds. The second-order valence-corrected chi connectivity index (χ2v) is 6.73. The van der Waals surface area contributed by atoms with E-state index < -0.39 is 0 Å². The molecule has 2 heteroatoms. The van der Waals surface area contributed by atoms with E-state index in [0.29, 0.717) is 0 Å². The maximum absolute atomic E-state index is 6.13. The van der Waals surface area contributed by atoms with Crippen LogP contribution in [-0.2, 0) is 11.8 Å². The molecule has 1 aliphatic heterocycles. The molecular formula is C15H23NO. The molecular weight excluding hydrogens is 210 g/mol. The van der Waals surface area contributed by atoms with E-state index in [9.17, 15) is 0 Å². The summed E-state index contributed by atoms with van der Waals surface area (Å²) in [6.07, 6.45) is 0.947. The first kappa shape index (κ1) is 12.3. The third-order valence-electron chi connectivity index (χ3n) is 3.49. The van der Waals surface area contributed by atoms with Crippen molar-refractivity contribution < 1.29 is 4.74 Å². The Kier molecular flexibility index (Phi) is 2.46. The highest BCUT2D eigenvalue weighted by atomic mass is 16.5. The van der Waals surface area contributed by atoms with Gasteiger partial charge in [0.1, 0.15) is 11.4 Å². The second kappa shape index (κ2) is 3.41. The number of benzene rings is 1. The number of nitrogens with two attached hydrogens (primary N) is 1. The van der Waals surface area contributed by atoms with Crippen molar-refractivity contribution in [2.75, 3.05) is 5.73 Å².